The Labute approximate surface area is 138 Å². The minimum Gasteiger partial charge on any atom is -0.369 e. The number of hydrogen-bond donors (Lipinski definition) is 2. The molecule has 1 atom stereocenters. The van der Waals surface area contributed by atoms with E-state index in [1.165, 1.54) is 17.5 Å². The van der Waals surface area contributed by atoms with Crippen LogP contribution in [0.1, 0.15) is 33.6 Å². The second-order valence-electron chi connectivity index (χ2n) is 5.10. The molecule has 1 unspecified atom stereocenters. The Morgan fingerprint density at radius 2 is 2.14 bits per heavy atom. The highest BCUT2D eigenvalue weighted by Crippen LogP contribution is 2.28. The van der Waals surface area contributed by atoms with E-state index < -0.39 is 0 Å². The number of rotatable bonds is 7. The largest absolute Gasteiger partial charge is 0.369 e. The van der Waals surface area contributed by atoms with Crippen LogP contribution in [-0.2, 0) is 4.79 Å². The molecule has 122 valence electrons. The normalized spacial score (nSPS) is 18.0. The van der Waals surface area contributed by atoms with E-state index in [2.05, 4.69) is 38.0 Å². The summed E-state index contributed by atoms with van der Waals surface area (Å²) in [6, 6.07) is 0. The fourth-order valence-corrected chi connectivity index (χ4v) is 3.25. The Morgan fingerprint density at radius 1 is 1.52 bits per heavy atom. The zero-order valence-electron chi connectivity index (χ0n) is 13.6. The molecule has 0 aromatic heterocycles. The number of nitrogens with two attached hydrogens (primary N) is 1. The molecule has 0 spiro atoms. The van der Waals surface area contributed by atoms with Gasteiger partial charge in [0.25, 0.3) is 0 Å². The Balaban J connectivity index is 0.00000122. The summed E-state index contributed by atoms with van der Waals surface area (Å²) in [5.41, 5.74) is 9.10. The Morgan fingerprint density at radius 3 is 2.62 bits per heavy atom. The highest BCUT2D eigenvalue weighted by molar-refractivity contribution is 7.99. The molecule has 0 bridgehead atoms. The van der Waals surface area contributed by atoms with Crippen LogP contribution in [0.15, 0.2) is 11.3 Å². The molecule has 0 saturated carbocycles. The molecular formula is C15H29N3OS2. The second-order valence-corrected chi connectivity index (χ2v) is 6.37. The van der Waals surface area contributed by atoms with Crippen molar-refractivity contribution in [2.45, 2.75) is 33.6 Å². The topological polar surface area (TPSA) is 58.4 Å². The zero-order chi connectivity index (χ0) is 16.3. The summed E-state index contributed by atoms with van der Waals surface area (Å²) in [6.07, 6.45) is 2.20. The van der Waals surface area contributed by atoms with Gasteiger partial charge >= 0.3 is 0 Å². The molecule has 0 radical (unpaired) electrons. The number of carbonyl (C=O) groups is 1. The minimum atomic E-state index is -0.275. The van der Waals surface area contributed by atoms with Crippen molar-refractivity contribution in [3.8, 4) is 0 Å². The van der Waals surface area contributed by atoms with E-state index in [0.717, 1.165) is 36.7 Å². The maximum Gasteiger partial charge on any atom is 0.227 e. The van der Waals surface area contributed by atoms with Crippen molar-refractivity contribution < 1.29 is 4.79 Å². The smallest absolute Gasteiger partial charge is 0.227 e. The zero-order valence-corrected chi connectivity index (χ0v) is 15.3. The van der Waals surface area contributed by atoms with Crippen LogP contribution in [-0.4, -0.2) is 47.9 Å². The van der Waals surface area contributed by atoms with Gasteiger partial charge in [-0.1, -0.05) is 39.4 Å². The molecule has 0 fully saturated rings. The molecule has 0 aromatic carbocycles. The van der Waals surface area contributed by atoms with Crippen LogP contribution in [0, 0.1) is 5.92 Å². The molecule has 3 N–H and O–H groups in total. The number of hydrogen-bond acceptors (Lipinski definition) is 4. The minimum absolute atomic E-state index is 0.232. The van der Waals surface area contributed by atoms with Crippen molar-refractivity contribution >= 4 is 35.4 Å². The predicted molar refractivity (Wildman–Crippen MR) is 97.6 cm³/mol. The van der Waals surface area contributed by atoms with Crippen LogP contribution in [0.25, 0.3) is 0 Å². The Hall–Kier alpha value is -0.590. The first-order valence-electron chi connectivity index (χ1n) is 7.49. The summed E-state index contributed by atoms with van der Waals surface area (Å²) >= 11 is 6.61. The highest BCUT2D eigenvalue weighted by Gasteiger charge is 2.27. The van der Waals surface area contributed by atoms with E-state index in [1.54, 1.807) is 11.8 Å². The lowest BCUT2D eigenvalue weighted by Crippen LogP contribution is -2.36. The number of carbonyl (C=O) groups excluding carboxylic acids is 1. The Kier molecular flexibility index (Phi) is 11.7. The molecule has 1 amide bonds. The molecule has 1 aliphatic rings. The lowest BCUT2D eigenvalue weighted by molar-refractivity contribution is -0.120. The third-order valence-corrected chi connectivity index (χ3v) is 4.42. The first-order valence-corrected chi connectivity index (χ1v) is 9.11. The van der Waals surface area contributed by atoms with E-state index in [4.69, 9.17) is 18.0 Å². The van der Waals surface area contributed by atoms with Crippen molar-refractivity contribution in [2.24, 2.45) is 11.7 Å². The number of amides is 1. The summed E-state index contributed by atoms with van der Waals surface area (Å²) in [5.74, 6) is 1.19. The SMILES string of the molecule is CCC.CCN(C)CCC1=C(NC=S)C(C(N)=O)CSC1. The van der Waals surface area contributed by atoms with Crippen LogP contribution >= 0.6 is 24.0 Å². The number of primary amides is 1. The van der Waals surface area contributed by atoms with Gasteiger partial charge < -0.3 is 16.0 Å². The summed E-state index contributed by atoms with van der Waals surface area (Å²) < 4.78 is 0. The van der Waals surface area contributed by atoms with Crippen LogP contribution in [0.5, 0.6) is 0 Å². The van der Waals surface area contributed by atoms with Gasteiger partial charge in [0.05, 0.1) is 11.4 Å². The molecule has 0 aliphatic carbocycles. The fourth-order valence-electron chi connectivity index (χ4n) is 1.89. The van der Waals surface area contributed by atoms with Crippen molar-refractivity contribution in [2.75, 3.05) is 31.6 Å². The molecule has 0 aromatic rings. The third kappa shape index (κ3) is 7.83. The van der Waals surface area contributed by atoms with Crippen molar-refractivity contribution in [3.63, 3.8) is 0 Å². The maximum atomic E-state index is 11.5. The number of nitrogens with one attached hydrogen (secondary N) is 1. The first kappa shape index (κ1) is 20.4. The van der Waals surface area contributed by atoms with Gasteiger partial charge in [-0.3, -0.25) is 4.79 Å². The number of thioether (sulfide) groups is 1. The van der Waals surface area contributed by atoms with Gasteiger partial charge in [-0.25, -0.2) is 0 Å². The summed E-state index contributed by atoms with van der Waals surface area (Å²) in [4.78, 5) is 13.7. The standard InChI is InChI=1S/C12H21N3OS2.C3H8/c1-3-15(2)5-4-9-6-18-7-10(12(13)16)11(9)14-8-17;1-3-2/h8,10H,3-7H2,1-2H3,(H2,13,16)(H,14,17);3H2,1-2H3. The van der Waals surface area contributed by atoms with Crippen LogP contribution in [0.4, 0.5) is 0 Å². The molecule has 1 rings (SSSR count). The molecule has 21 heavy (non-hydrogen) atoms. The average molecular weight is 332 g/mol. The molecule has 1 heterocycles. The van der Waals surface area contributed by atoms with E-state index >= 15 is 0 Å². The molecular weight excluding hydrogens is 302 g/mol. The summed E-state index contributed by atoms with van der Waals surface area (Å²) in [7, 11) is 2.09. The van der Waals surface area contributed by atoms with Crippen LogP contribution in [0.3, 0.4) is 0 Å². The molecule has 1 aliphatic heterocycles. The summed E-state index contributed by atoms with van der Waals surface area (Å²) in [5, 5.41) is 3.04. The monoisotopic (exact) mass is 331 g/mol. The van der Waals surface area contributed by atoms with Crippen molar-refractivity contribution in [1.82, 2.24) is 10.2 Å². The van der Waals surface area contributed by atoms with Gasteiger partial charge in [0.15, 0.2) is 0 Å². The van der Waals surface area contributed by atoms with Gasteiger partial charge in [0, 0.05) is 23.7 Å². The van der Waals surface area contributed by atoms with Crippen molar-refractivity contribution in [3.05, 3.63) is 11.3 Å². The van der Waals surface area contributed by atoms with Gasteiger partial charge in [0.1, 0.15) is 0 Å². The van der Waals surface area contributed by atoms with Crippen molar-refractivity contribution in [1.29, 1.82) is 0 Å². The molecule has 4 nitrogen and oxygen atoms in total. The van der Waals surface area contributed by atoms with Crippen LogP contribution in [0.2, 0.25) is 0 Å². The van der Waals surface area contributed by atoms with E-state index in [1.807, 2.05) is 0 Å². The second kappa shape index (κ2) is 12.0. The van der Waals surface area contributed by atoms with E-state index in [9.17, 15) is 4.79 Å². The molecule has 6 heteroatoms. The summed E-state index contributed by atoms with van der Waals surface area (Å²) in [6.45, 7) is 8.39. The van der Waals surface area contributed by atoms with Gasteiger partial charge in [-0.2, -0.15) is 11.8 Å². The fraction of sp³-hybridized carbons (Fsp3) is 0.733. The van der Waals surface area contributed by atoms with Crippen LogP contribution < -0.4 is 11.1 Å². The van der Waals surface area contributed by atoms with E-state index in [0.29, 0.717) is 0 Å². The van der Waals surface area contributed by atoms with Gasteiger partial charge in [-0.15, -0.1) is 0 Å². The van der Waals surface area contributed by atoms with E-state index in [-0.39, 0.29) is 11.8 Å². The van der Waals surface area contributed by atoms with Gasteiger partial charge in [-0.05, 0) is 25.6 Å². The Bertz CT molecular complexity index is 359. The highest BCUT2D eigenvalue weighted by atomic mass is 32.2. The number of thiocarbonyl (C=S) groups is 1. The maximum absolute atomic E-state index is 11.5. The lowest BCUT2D eigenvalue weighted by atomic mass is 9.99. The first-order chi connectivity index (χ1) is 10.0. The quantitative estimate of drug-likeness (QED) is 0.702. The molecule has 0 saturated heterocycles. The number of nitrogens with zero attached hydrogens (tertiary/aromatic N) is 1. The predicted octanol–water partition coefficient (Wildman–Crippen LogP) is 2.39. The van der Waals surface area contributed by atoms with Gasteiger partial charge in [0.2, 0.25) is 5.91 Å². The lowest BCUT2D eigenvalue weighted by Gasteiger charge is -2.27. The average Bonchev–Trinajstić information content (AvgIpc) is 2.46. The third-order valence-electron chi connectivity index (χ3n) is 3.18.